The van der Waals surface area contributed by atoms with Crippen LogP contribution in [-0.4, -0.2) is 30.5 Å². The summed E-state index contributed by atoms with van der Waals surface area (Å²) >= 11 is 6.04. The van der Waals surface area contributed by atoms with E-state index in [0.717, 1.165) is 12.0 Å². The minimum absolute atomic E-state index is 0.0759. The van der Waals surface area contributed by atoms with E-state index >= 15 is 0 Å². The van der Waals surface area contributed by atoms with Gasteiger partial charge in [0.15, 0.2) is 11.6 Å². The number of amides is 1. The molecule has 1 heterocycles. The Morgan fingerprint density at radius 2 is 2.08 bits per heavy atom. The van der Waals surface area contributed by atoms with Crippen molar-refractivity contribution in [1.29, 1.82) is 0 Å². The molecule has 0 radical (unpaired) electrons. The molecule has 0 spiro atoms. The van der Waals surface area contributed by atoms with E-state index < -0.39 is 5.82 Å². The Hall–Kier alpha value is -2.37. The summed E-state index contributed by atoms with van der Waals surface area (Å²) in [7, 11) is 0. The fourth-order valence-electron chi connectivity index (χ4n) is 2.87. The van der Waals surface area contributed by atoms with Gasteiger partial charge in [0.05, 0.1) is 0 Å². The van der Waals surface area contributed by atoms with Crippen molar-refractivity contribution in [1.82, 2.24) is 4.90 Å². The number of rotatable bonds is 5. The van der Waals surface area contributed by atoms with E-state index in [1.54, 1.807) is 11.0 Å². The molecule has 0 saturated carbocycles. The Bertz CT molecular complexity index is 854. The fraction of sp³-hybridized carbons (Fsp3) is 0.250. The summed E-state index contributed by atoms with van der Waals surface area (Å²) in [6, 6.07) is 9.95. The molecular formula is C20H20ClFN2O2. The number of benzene rings is 2. The molecular weight excluding hydrogens is 355 g/mol. The molecule has 0 aliphatic carbocycles. The molecule has 0 fully saturated rings. The average molecular weight is 375 g/mol. The lowest BCUT2D eigenvalue weighted by Gasteiger charge is -2.29. The minimum Gasteiger partial charge on any atom is -0.486 e. The molecule has 0 saturated heterocycles. The maximum absolute atomic E-state index is 14.2. The lowest BCUT2D eigenvalue weighted by atomic mass is 9.99. The van der Waals surface area contributed by atoms with Gasteiger partial charge < -0.3 is 15.4 Å². The summed E-state index contributed by atoms with van der Waals surface area (Å²) in [5.74, 6) is -0.722. The molecule has 2 N–H and O–H groups in total. The summed E-state index contributed by atoms with van der Waals surface area (Å²) in [5, 5.41) is 0.643. The first-order valence-corrected chi connectivity index (χ1v) is 8.71. The maximum atomic E-state index is 14.2. The summed E-state index contributed by atoms with van der Waals surface area (Å²) in [5.41, 5.74) is 8.60. The lowest BCUT2D eigenvalue weighted by Crippen LogP contribution is -2.36. The molecule has 2 aromatic carbocycles. The predicted octanol–water partition coefficient (Wildman–Crippen LogP) is 3.57. The van der Waals surface area contributed by atoms with Crippen molar-refractivity contribution in [3.05, 3.63) is 76.1 Å². The van der Waals surface area contributed by atoms with E-state index in [4.69, 9.17) is 22.1 Å². The number of hydrogen-bond acceptors (Lipinski definition) is 3. The zero-order valence-electron chi connectivity index (χ0n) is 14.3. The first-order chi connectivity index (χ1) is 12.5. The van der Waals surface area contributed by atoms with Crippen LogP contribution in [-0.2, 0) is 13.0 Å². The highest BCUT2D eigenvalue weighted by Gasteiger charge is 2.23. The van der Waals surface area contributed by atoms with Crippen LogP contribution in [0.2, 0.25) is 5.02 Å². The SMILES string of the molecule is C=C(CN)COc1ccc(C(=O)N2CCc3ccc(Cl)cc3C2)cc1F. The van der Waals surface area contributed by atoms with E-state index in [1.807, 2.05) is 18.2 Å². The highest BCUT2D eigenvalue weighted by atomic mass is 35.5. The van der Waals surface area contributed by atoms with Crippen molar-refractivity contribution in [3.63, 3.8) is 0 Å². The van der Waals surface area contributed by atoms with Crippen LogP contribution in [0.25, 0.3) is 0 Å². The molecule has 0 atom stereocenters. The summed E-state index contributed by atoms with van der Waals surface area (Å²) in [4.78, 5) is 14.4. The van der Waals surface area contributed by atoms with Gasteiger partial charge in [-0.2, -0.15) is 0 Å². The van der Waals surface area contributed by atoms with Gasteiger partial charge >= 0.3 is 0 Å². The van der Waals surface area contributed by atoms with Gasteiger partial charge in [0, 0.05) is 30.2 Å². The normalized spacial score (nSPS) is 13.3. The number of fused-ring (bicyclic) bond motifs is 1. The first-order valence-electron chi connectivity index (χ1n) is 8.33. The zero-order chi connectivity index (χ0) is 18.7. The molecule has 6 heteroatoms. The van der Waals surface area contributed by atoms with Gasteiger partial charge in [-0.05, 0) is 53.5 Å². The van der Waals surface area contributed by atoms with Gasteiger partial charge in [0.25, 0.3) is 5.91 Å². The third kappa shape index (κ3) is 4.06. The van der Waals surface area contributed by atoms with Crippen LogP contribution in [0, 0.1) is 5.82 Å². The second-order valence-electron chi connectivity index (χ2n) is 6.28. The van der Waals surface area contributed by atoms with E-state index in [1.165, 1.54) is 17.7 Å². The van der Waals surface area contributed by atoms with Crippen LogP contribution in [0.15, 0.2) is 48.6 Å². The number of nitrogens with zero attached hydrogens (tertiary/aromatic N) is 1. The number of halogens is 2. The largest absolute Gasteiger partial charge is 0.486 e. The molecule has 1 aliphatic heterocycles. The van der Waals surface area contributed by atoms with Crippen molar-refractivity contribution in [3.8, 4) is 5.75 Å². The molecule has 136 valence electrons. The first kappa shape index (κ1) is 18.4. The average Bonchev–Trinajstić information content (AvgIpc) is 2.65. The van der Waals surface area contributed by atoms with Gasteiger partial charge in [0.1, 0.15) is 6.61 Å². The maximum Gasteiger partial charge on any atom is 0.254 e. The third-order valence-corrected chi connectivity index (χ3v) is 4.60. The van der Waals surface area contributed by atoms with E-state index in [2.05, 4.69) is 6.58 Å². The van der Waals surface area contributed by atoms with Gasteiger partial charge in [-0.25, -0.2) is 4.39 Å². The Balaban J connectivity index is 1.72. The number of nitrogens with two attached hydrogens (primary N) is 1. The number of ether oxygens (including phenoxy) is 1. The van der Waals surface area contributed by atoms with Crippen molar-refractivity contribution in [2.75, 3.05) is 19.7 Å². The number of carbonyl (C=O) groups is 1. The van der Waals surface area contributed by atoms with Crippen LogP contribution < -0.4 is 10.5 Å². The molecule has 1 amide bonds. The zero-order valence-corrected chi connectivity index (χ0v) is 15.1. The smallest absolute Gasteiger partial charge is 0.254 e. The lowest BCUT2D eigenvalue weighted by molar-refractivity contribution is 0.0734. The quantitative estimate of drug-likeness (QED) is 0.814. The summed E-state index contributed by atoms with van der Waals surface area (Å²) in [6.45, 7) is 5.18. The number of hydrogen-bond donors (Lipinski definition) is 1. The van der Waals surface area contributed by atoms with E-state index in [9.17, 15) is 9.18 Å². The Kier molecular flexibility index (Phi) is 5.59. The molecule has 3 rings (SSSR count). The second kappa shape index (κ2) is 7.89. The van der Waals surface area contributed by atoms with Crippen molar-refractivity contribution >= 4 is 17.5 Å². The second-order valence-corrected chi connectivity index (χ2v) is 6.71. The van der Waals surface area contributed by atoms with Crippen molar-refractivity contribution < 1.29 is 13.9 Å². The van der Waals surface area contributed by atoms with Crippen molar-refractivity contribution in [2.24, 2.45) is 5.73 Å². The topological polar surface area (TPSA) is 55.6 Å². The molecule has 2 aromatic rings. The molecule has 4 nitrogen and oxygen atoms in total. The molecule has 0 unspecified atom stereocenters. The summed E-state index contributed by atoms with van der Waals surface area (Å²) in [6.07, 6.45) is 0.753. The third-order valence-electron chi connectivity index (χ3n) is 4.37. The van der Waals surface area contributed by atoms with Crippen molar-refractivity contribution in [2.45, 2.75) is 13.0 Å². The molecule has 26 heavy (non-hydrogen) atoms. The highest BCUT2D eigenvalue weighted by molar-refractivity contribution is 6.30. The molecule has 0 aromatic heterocycles. The number of carbonyl (C=O) groups excluding carboxylic acids is 1. The highest BCUT2D eigenvalue weighted by Crippen LogP contribution is 2.25. The predicted molar refractivity (Wildman–Crippen MR) is 100.0 cm³/mol. The van der Waals surface area contributed by atoms with Gasteiger partial charge in [-0.1, -0.05) is 24.2 Å². The molecule has 0 bridgehead atoms. The van der Waals surface area contributed by atoms with E-state index in [0.29, 0.717) is 23.7 Å². The van der Waals surface area contributed by atoms with Crippen LogP contribution in [0.1, 0.15) is 21.5 Å². The fourth-order valence-corrected chi connectivity index (χ4v) is 3.07. The monoisotopic (exact) mass is 374 g/mol. The van der Waals surface area contributed by atoms with Gasteiger partial charge in [-0.3, -0.25) is 4.79 Å². The Morgan fingerprint density at radius 1 is 1.27 bits per heavy atom. The summed E-state index contributed by atoms with van der Waals surface area (Å²) < 4.78 is 19.6. The van der Waals surface area contributed by atoms with Crippen LogP contribution in [0.4, 0.5) is 4.39 Å². The van der Waals surface area contributed by atoms with Crippen LogP contribution in [0.3, 0.4) is 0 Å². The molecule has 1 aliphatic rings. The van der Waals surface area contributed by atoms with Crippen LogP contribution in [0.5, 0.6) is 5.75 Å². The standard InChI is InChI=1S/C20H20ClFN2O2/c1-13(10-23)12-26-19-5-3-15(9-18(19)22)20(25)24-7-6-14-2-4-17(21)8-16(14)11-24/h2-5,8-9H,1,6-7,10-12,23H2. The van der Waals surface area contributed by atoms with Gasteiger partial charge in [-0.15, -0.1) is 0 Å². The van der Waals surface area contributed by atoms with Gasteiger partial charge in [0.2, 0.25) is 0 Å². The van der Waals surface area contributed by atoms with Crippen LogP contribution >= 0.6 is 11.6 Å². The minimum atomic E-state index is -0.582. The Labute approximate surface area is 157 Å². The van der Waals surface area contributed by atoms with E-state index in [-0.39, 0.29) is 30.4 Å². The Morgan fingerprint density at radius 3 is 2.81 bits per heavy atom.